The van der Waals surface area contributed by atoms with Gasteiger partial charge in [0.05, 0.1) is 17.1 Å². The monoisotopic (exact) mass is 270 g/mol. The third-order valence-electron chi connectivity index (χ3n) is 3.50. The van der Waals surface area contributed by atoms with E-state index in [1.54, 1.807) is 0 Å². The van der Waals surface area contributed by atoms with Crippen LogP contribution in [0.3, 0.4) is 0 Å². The summed E-state index contributed by atoms with van der Waals surface area (Å²) in [5.74, 6) is 0. The van der Waals surface area contributed by atoms with Crippen LogP contribution in [0.4, 0.5) is 0 Å². The lowest BCUT2D eigenvalue weighted by molar-refractivity contribution is 0.181. The first-order chi connectivity index (χ1) is 9.69. The van der Waals surface area contributed by atoms with Gasteiger partial charge in [0.1, 0.15) is 0 Å². The molecule has 0 saturated heterocycles. The van der Waals surface area contributed by atoms with Crippen molar-refractivity contribution < 1.29 is 0 Å². The molecule has 0 bridgehead atoms. The minimum Gasteiger partial charge on any atom is -0.289 e. The van der Waals surface area contributed by atoms with E-state index in [4.69, 9.17) is 0 Å². The molecular weight excluding hydrogens is 248 g/mol. The van der Waals surface area contributed by atoms with Gasteiger partial charge in [0.2, 0.25) is 0 Å². The van der Waals surface area contributed by atoms with Crippen molar-refractivity contribution in [2.24, 2.45) is 0 Å². The Morgan fingerprint density at radius 2 is 1.85 bits per heavy atom. The molecular formula is C16H22N4. The van der Waals surface area contributed by atoms with E-state index in [-0.39, 0.29) is 0 Å². The first-order valence-electron chi connectivity index (χ1n) is 7.10. The molecule has 4 heteroatoms. The Morgan fingerprint density at radius 1 is 1.05 bits per heavy atom. The highest BCUT2D eigenvalue weighted by Crippen LogP contribution is 2.12. The van der Waals surface area contributed by atoms with Crippen molar-refractivity contribution in [3.63, 3.8) is 0 Å². The fourth-order valence-electron chi connectivity index (χ4n) is 2.03. The average molecular weight is 270 g/mol. The molecule has 0 aromatic carbocycles. The molecule has 0 fully saturated rings. The quantitative estimate of drug-likeness (QED) is 0.809. The third kappa shape index (κ3) is 4.10. The zero-order chi connectivity index (χ0) is 14.4. The molecule has 1 atom stereocenters. The zero-order valence-corrected chi connectivity index (χ0v) is 12.5. The summed E-state index contributed by atoms with van der Waals surface area (Å²) in [6, 6.07) is 6.53. The summed E-state index contributed by atoms with van der Waals surface area (Å²) in [6.07, 6.45) is 6.63. The van der Waals surface area contributed by atoms with Crippen molar-refractivity contribution in [2.75, 3.05) is 0 Å². The van der Waals surface area contributed by atoms with Crippen molar-refractivity contribution in [3.8, 4) is 0 Å². The predicted octanol–water partition coefficient (Wildman–Crippen LogP) is 2.98. The van der Waals surface area contributed by atoms with Gasteiger partial charge in [-0.3, -0.25) is 19.9 Å². The van der Waals surface area contributed by atoms with Gasteiger partial charge in [0.25, 0.3) is 0 Å². The number of nitrogens with zero attached hydrogens (tertiary/aromatic N) is 4. The molecule has 1 unspecified atom stereocenters. The van der Waals surface area contributed by atoms with E-state index in [1.165, 1.54) is 0 Å². The molecule has 0 N–H and O–H groups in total. The highest BCUT2D eigenvalue weighted by atomic mass is 15.2. The van der Waals surface area contributed by atoms with Crippen LogP contribution in [-0.4, -0.2) is 25.9 Å². The molecule has 0 radical (unpaired) electrons. The fourth-order valence-corrected chi connectivity index (χ4v) is 2.03. The molecule has 4 nitrogen and oxygen atoms in total. The normalized spacial score (nSPS) is 12.6. The topological polar surface area (TPSA) is 41.9 Å². The summed E-state index contributed by atoms with van der Waals surface area (Å²) in [5.41, 5.74) is 3.05. The molecule has 20 heavy (non-hydrogen) atoms. The molecule has 2 aromatic rings. The summed E-state index contributed by atoms with van der Waals surface area (Å²) in [5, 5.41) is 0. The Labute approximate surface area is 120 Å². The maximum absolute atomic E-state index is 4.45. The molecule has 106 valence electrons. The van der Waals surface area contributed by atoms with Crippen LogP contribution in [0.2, 0.25) is 0 Å². The number of aromatic nitrogens is 3. The molecule has 2 rings (SSSR count). The highest BCUT2D eigenvalue weighted by molar-refractivity contribution is 5.05. The van der Waals surface area contributed by atoms with Crippen LogP contribution < -0.4 is 0 Å². The summed E-state index contributed by atoms with van der Waals surface area (Å²) < 4.78 is 0. The van der Waals surface area contributed by atoms with Gasteiger partial charge < -0.3 is 0 Å². The molecule has 0 amide bonds. The maximum Gasteiger partial charge on any atom is 0.0727 e. The predicted molar refractivity (Wildman–Crippen MR) is 80.0 cm³/mol. The zero-order valence-electron chi connectivity index (χ0n) is 12.5. The molecule has 0 aliphatic heterocycles. The van der Waals surface area contributed by atoms with E-state index in [2.05, 4.69) is 39.8 Å². The van der Waals surface area contributed by atoms with Crippen molar-refractivity contribution >= 4 is 0 Å². The Morgan fingerprint density at radius 3 is 2.45 bits per heavy atom. The standard InChI is InChI=1S/C16H22N4/c1-4-14(3)20(11-15-7-5-6-8-17-15)12-16-10-18-13(2)9-19-16/h5-10,14H,4,11-12H2,1-3H3. The van der Waals surface area contributed by atoms with Crippen LogP contribution >= 0.6 is 0 Å². The smallest absolute Gasteiger partial charge is 0.0727 e. The summed E-state index contributed by atoms with van der Waals surface area (Å²) in [7, 11) is 0. The largest absolute Gasteiger partial charge is 0.289 e. The summed E-state index contributed by atoms with van der Waals surface area (Å²) >= 11 is 0. The summed E-state index contributed by atoms with van der Waals surface area (Å²) in [6.45, 7) is 8.04. The molecule has 2 aromatic heterocycles. The van der Waals surface area contributed by atoms with E-state index in [0.717, 1.165) is 36.6 Å². The second-order valence-electron chi connectivity index (χ2n) is 5.13. The van der Waals surface area contributed by atoms with Crippen LogP contribution in [0.5, 0.6) is 0 Å². The lowest BCUT2D eigenvalue weighted by Gasteiger charge is -2.27. The average Bonchev–Trinajstić information content (AvgIpc) is 2.49. The molecule has 2 heterocycles. The molecule has 0 saturated carbocycles. The fraction of sp³-hybridized carbons (Fsp3) is 0.438. The minimum atomic E-state index is 0.486. The van der Waals surface area contributed by atoms with Gasteiger partial charge in [-0.1, -0.05) is 13.0 Å². The van der Waals surface area contributed by atoms with Gasteiger partial charge in [0, 0.05) is 37.7 Å². The van der Waals surface area contributed by atoms with E-state index >= 15 is 0 Å². The Hall–Kier alpha value is -1.81. The third-order valence-corrected chi connectivity index (χ3v) is 3.50. The van der Waals surface area contributed by atoms with Gasteiger partial charge >= 0.3 is 0 Å². The SMILES string of the molecule is CCC(C)N(Cc1ccccn1)Cc1cnc(C)cn1. The van der Waals surface area contributed by atoms with Crippen molar-refractivity contribution in [1.29, 1.82) is 0 Å². The lowest BCUT2D eigenvalue weighted by Crippen LogP contribution is -2.32. The van der Waals surface area contributed by atoms with E-state index in [0.29, 0.717) is 6.04 Å². The first-order valence-corrected chi connectivity index (χ1v) is 7.10. The van der Waals surface area contributed by atoms with E-state index in [9.17, 15) is 0 Å². The van der Waals surface area contributed by atoms with Crippen LogP contribution in [0.15, 0.2) is 36.8 Å². The number of aryl methyl sites for hydroxylation is 1. The minimum absolute atomic E-state index is 0.486. The van der Waals surface area contributed by atoms with Crippen LogP contribution in [-0.2, 0) is 13.1 Å². The van der Waals surface area contributed by atoms with E-state index in [1.807, 2.05) is 37.6 Å². The maximum atomic E-state index is 4.45. The van der Waals surface area contributed by atoms with Crippen molar-refractivity contribution in [3.05, 3.63) is 53.9 Å². The Bertz CT molecular complexity index is 510. The number of rotatable bonds is 6. The van der Waals surface area contributed by atoms with Crippen LogP contribution in [0.25, 0.3) is 0 Å². The van der Waals surface area contributed by atoms with Crippen molar-refractivity contribution in [2.45, 2.75) is 46.3 Å². The second-order valence-corrected chi connectivity index (χ2v) is 5.13. The molecule has 0 aliphatic rings. The second kappa shape index (κ2) is 7.10. The number of hydrogen-bond donors (Lipinski definition) is 0. The first kappa shape index (κ1) is 14.6. The van der Waals surface area contributed by atoms with Gasteiger partial charge in [-0.05, 0) is 32.4 Å². The van der Waals surface area contributed by atoms with E-state index < -0.39 is 0 Å². The van der Waals surface area contributed by atoms with Gasteiger partial charge in [-0.15, -0.1) is 0 Å². The molecule has 0 spiro atoms. The van der Waals surface area contributed by atoms with Crippen molar-refractivity contribution in [1.82, 2.24) is 19.9 Å². The number of hydrogen-bond acceptors (Lipinski definition) is 4. The van der Waals surface area contributed by atoms with Gasteiger partial charge in [0.15, 0.2) is 0 Å². The van der Waals surface area contributed by atoms with Crippen LogP contribution in [0, 0.1) is 6.92 Å². The Kier molecular flexibility index (Phi) is 5.18. The van der Waals surface area contributed by atoms with Crippen LogP contribution in [0.1, 0.15) is 37.4 Å². The van der Waals surface area contributed by atoms with Gasteiger partial charge in [-0.25, -0.2) is 0 Å². The summed E-state index contributed by atoms with van der Waals surface area (Å²) in [4.78, 5) is 15.6. The number of pyridine rings is 1. The lowest BCUT2D eigenvalue weighted by atomic mass is 10.2. The van der Waals surface area contributed by atoms with Gasteiger partial charge in [-0.2, -0.15) is 0 Å². The highest BCUT2D eigenvalue weighted by Gasteiger charge is 2.14. The Balaban J connectivity index is 2.09. The molecule has 0 aliphatic carbocycles.